The van der Waals surface area contributed by atoms with Gasteiger partial charge in [0, 0.05) is 41.7 Å². The van der Waals surface area contributed by atoms with Crippen molar-refractivity contribution in [1.82, 2.24) is 9.91 Å². The molecule has 0 radical (unpaired) electrons. The summed E-state index contributed by atoms with van der Waals surface area (Å²) in [5, 5.41) is 7.71. The average molecular weight is 630 g/mol. The smallest absolute Gasteiger partial charge is 0.170 e. The molecule has 0 bridgehead atoms. The Morgan fingerprint density at radius 1 is 1.13 bits per heavy atom. The van der Waals surface area contributed by atoms with E-state index in [-0.39, 0.29) is 22.0 Å². The van der Waals surface area contributed by atoms with Gasteiger partial charge in [-0.15, -0.1) is 11.3 Å². The van der Waals surface area contributed by atoms with Gasteiger partial charge in [-0.2, -0.15) is 5.10 Å². The molecule has 1 aliphatic carbocycles. The molecule has 4 nitrogen and oxygen atoms in total. The molecule has 1 aromatic rings. The summed E-state index contributed by atoms with van der Waals surface area (Å²) in [7, 11) is 0. The minimum atomic E-state index is -0.0696. The van der Waals surface area contributed by atoms with Crippen molar-refractivity contribution in [1.29, 1.82) is 0 Å². The second-order valence-corrected chi connectivity index (χ2v) is 17.9. The zero-order chi connectivity index (χ0) is 32.9. The molecule has 0 N–H and O–H groups in total. The van der Waals surface area contributed by atoms with Gasteiger partial charge < -0.3 is 0 Å². The van der Waals surface area contributed by atoms with Crippen LogP contribution in [0, 0.1) is 45.8 Å². The number of nitrogens with zero attached hydrogens (tertiary/aromatic N) is 3. The summed E-state index contributed by atoms with van der Waals surface area (Å²) < 4.78 is 0. The second-order valence-electron chi connectivity index (χ2n) is 16.8. The van der Waals surface area contributed by atoms with E-state index in [4.69, 9.17) is 5.10 Å². The second kappa shape index (κ2) is 12.8. The van der Waals surface area contributed by atoms with Crippen LogP contribution in [-0.4, -0.2) is 47.1 Å². The number of fused-ring (bicyclic) bond motifs is 1. The standard InChI is InChI=1S/C40H59N3OS/c1-12-13-29-14-16-30(17-15-29)34-24-42(25-35-40(10,11)37-39(8,9)26(2)22-27(3)43(37)41-35)21-19-32(34)33-23-31(18-20-38(5,6)7)45-36(33)28(4)44/h22-23,26,29-30,37H,12-17,19,21,24-25H2,1-11H3. The number of carbonyl (C=O) groups excluding carboxylic acids is 1. The minimum absolute atomic E-state index is 0.00850. The van der Waals surface area contributed by atoms with Gasteiger partial charge in [-0.3, -0.25) is 14.7 Å². The van der Waals surface area contributed by atoms with Crippen LogP contribution in [0.25, 0.3) is 5.57 Å². The number of thiophene rings is 1. The van der Waals surface area contributed by atoms with Gasteiger partial charge in [-0.05, 0) is 107 Å². The first-order valence-electron chi connectivity index (χ1n) is 17.7. The molecule has 45 heavy (non-hydrogen) atoms. The molecule has 1 aromatic heterocycles. The highest BCUT2D eigenvalue weighted by molar-refractivity contribution is 7.14. The van der Waals surface area contributed by atoms with E-state index in [0.717, 1.165) is 41.7 Å². The van der Waals surface area contributed by atoms with Gasteiger partial charge in [0.25, 0.3) is 0 Å². The zero-order valence-electron chi connectivity index (χ0n) is 30.2. The van der Waals surface area contributed by atoms with E-state index < -0.39 is 0 Å². The Hall–Kier alpha value is -2.16. The molecule has 1 saturated carbocycles. The summed E-state index contributed by atoms with van der Waals surface area (Å²) in [6.45, 7) is 27.7. The van der Waals surface area contributed by atoms with E-state index in [0.29, 0.717) is 17.9 Å². The summed E-state index contributed by atoms with van der Waals surface area (Å²) in [6.07, 6.45) is 11.2. The quantitative estimate of drug-likeness (QED) is 0.222. The third-order valence-corrected chi connectivity index (χ3v) is 12.6. The SMILES string of the molecule is CCCC1CCC(C2=C(c3cc(C#CC(C)(C)C)sc3C(C)=O)CCN(CC3=NN4C(C)=CC(C)C(C)(C)C4C3(C)C)C2)CC1. The molecule has 246 valence electrons. The van der Waals surface area contributed by atoms with Crippen molar-refractivity contribution in [3.63, 3.8) is 0 Å². The van der Waals surface area contributed by atoms with Gasteiger partial charge in [-0.25, -0.2) is 0 Å². The summed E-state index contributed by atoms with van der Waals surface area (Å²) in [5.74, 6) is 8.96. The molecule has 0 spiro atoms. The highest BCUT2D eigenvalue weighted by Crippen LogP contribution is 2.52. The zero-order valence-corrected chi connectivity index (χ0v) is 31.0. The molecule has 5 rings (SSSR count). The Labute approximate surface area is 278 Å². The van der Waals surface area contributed by atoms with Gasteiger partial charge in [0.2, 0.25) is 0 Å². The maximum atomic E-state index is 13.0. The summed E-state index contributed by atoms with van der Waals surface area (Å²) in [5.41, 5.74) is 6.87. The summed E-state index contributed by atoms with van der Waals surface area (Å²) >= 11 is 1.59. The number of hydrogen-bond acceptors (Lipinski definition) is 5. The normalized spacial score (nSPS) is 28.3. The maximum absolute atomic E-state index is 13.0. The largest absolute Gasteiger partial charge is 0.294 e. The molecule has 3 aliphatic heterocycles. The van der Waals surface area contributed by atoms with Gasteiger partial charge >= 0.3 is 0 Å². The third-order valence-electron chi connectivity index (χ3n) is 11.4. The fourth-order valence-electron chi connectivity index (χ4n) is 8.72. The Bertz CT molecular complexity index is 1440. The monoisotopic (exact) mass is 629 g/mol. The van der Waals surface area contributed by atoms with Crippen molar-refractivity contribution in [2.45, 2.75) is 127 Å². The molecule has 4 aliphatic rings. The Balaban J connectivity index is 1.48. The van der Waals surface area contributed by atoms with Crippen LogP contribution in [0.3, 0.4) is 0 Å². The maximum Gasteiger partial charge on any atom is 0.170 e. The molecule has 1 fully saturated rings. The van der Waals surface area contributed by atoms with Crippen molar-refractivity contribution in [3.8, 4) is 11.8 Å². The molecule has 5 heteroatoms. The first-order chi connectivity index (χ1) is 21.0. The van der Waals surface area contributed by atoms with Crippen molar-refractivity contribution < 1.29 is 4.79 Å². The first-order valence-corrected chi connectivity index (χ1v) is 18.5. The fourth-order valence-corrected chi connectivity index (χ4v) is 9.65. The van der Waals surface area contributed by atoms with Gasteiger partial charge in [0.1, 0.15) is 0 Å². The lowest BCUT2D eigenvalue weighted by atomic mass is 9.61. The van der Waals surface area contributed by atoms with Crippen LogP contribution < -0.4 is 0 Å². The number of carbonyl (C=O) groups is 1. The van der Waals surface area contributed by atoms with Crippen LogP contribution in [0.4, 0.5) is 0 Å². The van der Waals surface area contributed by atoms with E-state index in [1.54, 1.807) is 23.8 Å². The Morgan fingerprint density at radius 2 is 1.82 bits per heavy atom. The van der Waals surface area contributed by atoms with Gasteiger partial charge in [0.05, 0.1) is 21.5 Å². The van der Waals surface area contributed by atoms with E-state index in [9.17, 15) is 4.79 Å². The molecule has 2 atom stereocenters. The summed E-state index contributed by atoms with van der Waals surface area (Å²) in [4.78, 5) is 17.6. The molecular weight excluding hydrogens is 571 g/mol. The molecule has 0 amide bonds. The van der Waals surface area contributed by atoms with Crippen LogP contribution in [0.5, 0.6) is 0 Å². The third kappa shape index (κ3) is 6.94. The number of hydrogen-bond donors (Lipinski definition) is 0. The van der Waals surface area contributed by atoms with Gasteiger partial charge in [0.15, 0.2) is 5.78 Å². The van der Waals surface area contributed by atoms with Crippen molar-refractivity contribution in [3.05, 3.63) is 38.7 Å². The Morgan fingerprint density at radius 3 is 2.44 bits per heavy atom. The van der Waals surface area contributed by atoms with Crippen LogP contribution in [-0.2, 0) is 0 Å². The van der Waals surface area contributed by atoms with E-state index in [1.807, 2.05) is 0 Å². The van der Waals surface area contributed by atoms with Crippen LogP contribution in [0.2, 0.25) is 0 Å². The Kier molecular flexibility index (Phi) is 9.72. The predicted octanol–water partition coefficient (Wildman–Crippen LogP) is 10.1. The summed E-state index contributed by atoms with van der Waals surface area (Å²) in [6, 6.07) is 2.61. The lowest BCUT2D eigenvalue weighted by Crippen LogP contribution is -2.54. The number of Topliss-reactive ketones (excluding diaryl/α,β-unsaturated/α-hetero) is 1. The lowest BCUT2D eigenvalue weighted by molar-refractivity contribution is 0.0340. The molecular formula is C40H59N3OS. The molecule has 0 aromatic carbocycles. The van der Waals surface area contributed by atoms with Crippen molar-refractivity contribution in [2.24, 2.45) is 39.1 Å². The average Bonchev–Trinajstić information content (AvgIpc) is 3.50. The van der Waals surface area contributed by atoms with E-state index in [1.165, 1.54) is 61.1 Å². The first kappa shape index (κ1) is 34.2. The number of hydrazone groups is 1. The molecule has 4 heterocycles. The van der Waals surface area contributed by atoms with Crippen LogP contribution >= 0.6 is 11.3 Å². The fraction of sp³-hybridized carbons (Fsp3) is 0.700. The lowest BCUT2D eigenvalue weighted by Gasteiger charge is -2.50. The minimum Gasteiger partial charge on any atom is -0.294 e. The van der Waals surface area contributed by atoms with Crippen molar-refractivity contribution in [2.75, 3.05) is 19.6 Å². The topological polar surface area (TPSA) is 35.9 Å². The molecule has 0 saturated heterocycles. The number of rotatable bonds is 7. The van der Waals surface area contributed by atoms with Gasteiger partial charge in [-0.1, -0.05) is 72.3 Å². The highest BCUT2D eigenvalue weighted by Gasteiger charge is 2.55. The number of allylic oxidation sites excluding steroid dienone is 2. The number of ketones is 1. The highest BCUT2D eigenvalue weighted by atomic mass is 32.1. The van der Waals surface area contributed by atoms with Crippen molar-refractivity contribution >= 4 is 28.4 Å². The predicted molar refractivity (Wildman–Crippen MR) is 193 cm³/mol. The van der Waals surface area contributed by atoms with Crippen LogP contribution in [0.15, 0.2) is 28.5 Å². The van der Waals surface area contributed by atoms with Crippen LogP contribution in [0.1, 0.15) is 141 Å². The van der Waals surface area contributed by atoms with E-state index in [2.05, 4.69) is 103 Å². The van der Waals surface area contributed by atoms with E-state index >= 15 is 0 Å². The molecule has 2 unspecified atom stereocenters.